The summed E-state index contributed by atoms with van der Waals surface area (Å²) in [7, 11) is 1.90. The van der Waals surface area contributed by atoms with E-state index in [0.717, 1.165) is 23.8 Å². The maximum atomic E-state index is 4.45. The van der Waals surface area contributed by atoms with Gasteiger partial charge in [0.05, 0.1) is 6.54 Å². The molecule has 0 bridgehead atoms. The van der Waals surface area contributed by atoms with E-state index in [0.29, 0.717) is 5.92 Å². The molecule has 1 aromatic heterocycles. The van der Waals surface area contributed by atoms with Crippen LogP contribution in [-0.4, -0.2) is 17.0 Å². The first-order valence-corrected chi connectivity index (χ1v) is 4.62. The highest BCUT2D eigenvalue weighted by atomic mass is 15.0. The van der Waals surface area contributed by atoms with E-state index in [1.807, 2.05) is 20.0 Å². The SMILES string of the molecule is CNCc1nc(C)cc(C(C)C)n1. The van der Waals surface area contributed by atoms with Gasteiger partial charge in [0, 0.05) is 11.4 Å². The first-order chi connectivity index (χ1) is 6.13. The van der Waals surface area contributed by atoms with Gasteiger partial charge in [0.15, 0.2) is 0 Å². The van der Waals surface area contributed by atoms with Crippen LogP contribution in [0.15, 0.2) is 6.07 Å². The van der Waals surface area contributed by atoms with Gasteiger partial charge in [0.25, 0.3) is 0 Å². The molecule has 13 heavy (non-hydrogen) atoms. The van der Waals surface area contributed by atoms with Crippen molar-refractivity contribution >= 4 is 0 Å². The lowest BCUT2D eigenvalue weighted by Crippen LogP contribution is -2.11. The largest absolute Gasteiger partial charge is 0.313 e. The van der Waals surface area contributed by atoms with Gasteiger partial charge in [0.1, 0.15) is 5.82 Å². The summed E-state index contributed by atoms with van der Waals surface area (Å²) in [6, 6.07) is 2.05. The molecule has 0 radical (unpaired) electrons. The summed E-state index contributed by atoms with van der Waals surface area (Å²) in [6.07, 6.45) is 0. The van der Waals surface area contributed by atoms with E-state index in [1.165, 1.54) is 0 Å². The number of aryl methyl sites for hydroxylation is 1. The molecule has 1 rings (SSSR count). The van der Waals surface area contributed by atoms with Crippen molar-refractivity contribution in [2.24, 2.45) is 0 Å². The van der Waals surface area contributed by atoms with E-state index in [4.69, 9.17) is 0 Å². The molecule has 1 N–H and O–H groups in total. The Balaban J connectivity index is 2.96. The summed E-state index contributed by atoms with van der Waals surface area (Å²) in [5.41, 5.74) is 2.17. The van der Waals surface area contributed by atoms with Gasteiger partial charge < -0.3 is 5.32 Å². The molecule has 0 fully saturated rings. The maximum absolute atomic E-state index is 4.45. The normalized spacial score (nSPS) is 10.8. The predicted molar refractivity (Wildman–Crippen MR) is 53.6 cm³/mol. The van der Waals surface area contributed by atoms with Crippen LogP contribution in [0.3, 0.4) is 0 Å². The highest BCUT2D eigenvalue weighted by Crippen LogP contribution is 2.12. The molecule has 0 unspecified atom stereocenters. The van der Waals surface area contributed by atoms with E-state index < -0.39 is 0 Å². The van der Waals surface area contributed by atoms with Crippen molar-refractivity contribution in [2.45, 2.75) is 33.2 Å². The maximum Gasteiger partial charge on any atom is 0.142 e. The van der Waals surface area contributed by atoms with Gasteiger partial charge in [0.2, 0.25) is 0 Å². The Labute approximate surface area is 79.6 Å². The molecule has 0 aliphatic heterocycles. The van der Waals surface area contributed by atoms with Gasteiger partial charge in [-0.2, -0.15) is 0 Å². The summed E-state index contributed by atoms with van der Waals surface area (Å²) in [6.45, 7) is 7.03. The van der Waals surface area contributed by atoms with E-state index >= 15 is 0 Å². The third-order valence-electron chi connectivity index (χ3n) is 1.85. The molecule has 0 aliphatic rings. The Morgan fingerprint density at radius 2 is 2.08 bits per heavy atom. The zero-order valence-corrected chi connectivity index (χ0v) is 8.76. The third kappa shape index (κ3) is 2.77. The molecule has 1 heterocycles. The number of hydrogen-bond acceptors (Lipinski definition) is 3. The molecule has 0 atom stereocenters. The number of rotatable bonds is 3. The Hall–Kier alpha value is -0.960. The summed E-state index contributed by atoms with van der Waals surface area (Å²) in [4.78, 5) is 8.78. The Bertz CT molecular complexity index is 281. The Kier molecular flexibility index (Phi) is 3.37. The summed E-state index contributed by atoms with van der Waals surface area (Å²) < 4.78 is 0. The van der Waals surface area contributed by atoms with Crippen LogP contribution in [0, 0.1) is 6.92 Å². The molecule has 0 saturated heterocycles. The summed E-state index contributed by atoms with van der Waals surface area (Å²) in [5.74, 6) is 1.35. The standard InChI is InChI=1S/C10H17N3/c1-7(2)9-5-8(3)12-10(13-9)6-11-4/h5,7,11H,6H2,1-4H3. The topological polar surface area (TPSA) is 37.8 Å². The fourth-order valence-corrected chi connectivity index (χ4v) is 1.19. The first kappa shape index (κ1) is 10.1. The van der Waals surface area contributed by atoms with E-state index in [9.17, 15) is 0 Å². The van der Waals surface area contributed by atoms with Gasteiger partial charge in [-0.25, -0.2) is 9.97 Å². The molecule has 0 saturated carbocycles. The summed E-state index contributed by atoms with van der Waals surface area (Å²) >= 11 is 0. The average Bonchev–Trinajstić information content (AvgIpc) is 2.03. The molecule has 0 spiro atoms. The highest BCUT2D eigenvalue weighted by molar-refractivity contribution is 5.13. The van der Waals surface area contributed by atoms with E-state index in [2.05, 4.69) is 29.1 Å². The Morgan fingerprint density at radius 1 is 1.38 bits per heavy atom. The fourth-order valence-electron chi connectivity index (χ4n) is 1.19. The van der Waals surface area contributed by atoms with Crippen LogP contribution >= 0.6 is 0 Å². The van der Waals surface area contributed by atoms with Gasteiger partial charge in [-0.1, -0.05) is 13.8 Å². The summed E-state index contributed by atoms with van der Waals surface area (Å²) in [5, 5.41) is 3.05. The lowest BCUT2D eigenvalue weighted by atomic mass is 10.1. The van der Waals surface area contributed by atoms with Crippen molar-refractivity contribution in [1.82, 2.24) is 15.3 Å². The zero-order chi connectivity index (χ0) is 9.84. The third-order valence-corrected chi connectivity index (χ3v) is 1.85. The predicted octanol–water partition coefficient (Wildman–Crippen LogP) is 1.63. The van der Waals surface area contributed by atoms with Crippen LogP contribution in [0.2, 0.25) is 0 Å². The lowest BCUT2D eigenvalue weighted by Gasteiger charge is -2.07. The second-order valence-corrected chi connectivity index (χ2v) is 3.54. The van der Waals surface area contributed by atoms with Crippen LogP contribution in [-0.2, 0) is 6.54 Å². The fraction of sp³-hybridized carbons (Fsp3) is 0.600. The molecule has 0 amide bonds. The second-order valence-electron chi connectivity index (χ2n) is 3.54. The van der Waals surface area contributed by atoms with E-state index in [1.54, 1.807) is 0 Å². The van der Waals surface area contributed by atoms with Crippen molar-refractivity contribution in [3.8, 4) is 0 Å². The highest BCUT2D eigenvalue weighted by Gasteiger charge is 2.04. The molecule has 0 aromatic carbocycles. The molecule has 3 nitrogen and oxygen atoms in total. The minimum atomic E-state index is 0.470. The quantitative estimate of drug-likeness (QED) is 0.766. The lowest BCUT2D eigenvalue weighted by molar-refractivity contribution is 0.719. The second kappa shape index (κ2) is 4.33. The number of hydrogen-bond donors (Lipinski definition) is 1. The van der Waals surface area contributed by atoms with Crippen molar-refractivity contribution in [2.75, 3.05) is 7.05 Å². The van der Waals surface area contributed by atoms with Crippen molar-refractivity contribution in [1.29, 1.82) is 0 Å². The number of aromatic nitrogens is 2. The van der Waals surface area contributed by atoms with Crippen LogP contribution in [0.5, 0.6) is 0 Å². The molecule has 3 heteroatoms. The average molecular weight is 179 g/mol. The number of nitrogens with zero attached hydrogens (tertiary/aromatic N) is 2. The molecule has 1 aromatic rings. The van der Waals surface area contributed by atoms with Crippen molar-refractivity contribution in [3.63, 3.8) is 0 Å². The molecular weight excluding hydrogens is 162 g/mol. The minimum absolute atomic E-state index is 0.470. The molecule has 72 valence electrons. The smallest absolute Gasteiger partial charge is 0.142 e. The monoisotopic (exact) mass is 179 g/mol. The van der Waals surface area contributed by atoms with Gasteiger partial charge in [-0.15, -0.1) is 0 Å². The van der Waals surface area contributed by atoms with E-state index in [-0.39, 0.29) is 0 Å². The van der Waals surface area contributed by atoms with Crippen LogP contribution in [0.1, 0.15) is 37.0 Å². The Morgan fingerprint density at radius 3 is 2.62 bits per heavy atom. The van der Waals surface area contributed by atoms with Crippen molar-refractivity contribution < 1.29 is 0 Å². The van der Waals surface area contributed by atoms with Gasteiger partial charge in [-0.05, 0) is 26.0 Å². The van der Waals surface area contributed by atoms with Crippen LogP contribution < -0.4 is 5.32 Å². The molecular formula is C10H17N3. The van der Waals surface area contributed by atoms with Crippen LogP contribution in [0.4, 0.5) is 0 Å². The van der Waals surface area contributed by atoms with Crippen LogP contribution in [0.25, 0.3) is 0 Å². The minimum Gasteiger partial charge on any atom is -0.313 e. The van der Waals surface area contributed by atoms with Gasteiger partial charge in [-0.3, -0.25) is 0 Å². The first-order valence-electron chi connectivity index (χ1n) is 4.62. The van der Waals surface area contributed by atoms with Gasteiger partial charge >= 0.3 is 0 Å². The molecule has 0 aliphatic carbocycles. The zero-order valence-electron chi connectivity index (χ0n) is 8.76. The van der Waals surface area contributed by atoms with Crippen molar-refractivity contribution in [3.05, 3.63) is 23.3 Å². The number of nitrogens with one attached hydrogen (secondary N) is 1.